The number of carbonyl (C=O) groups is 2. The molecule has 4 heteroatoms. The number of hydrogen-bond acceptors (Lipinski definition) is 3. The lowest BCUT2D eigenvalue weighted by Gasteiger charge is -2.00. The average Bonchev–Trinajstić information content (AvgIpc) is 2.11. The molecule has 0 atom stereocenters. The molecule has 12 heavy (non-hydrogen) atoms. The molecule has 68 valence electrons. The lowest BCUT2D eigenvalue weighted by Crippen LogP contribution is -2.15. The van der Waals surface area contributed by atoms with Crippen LogP contribution < -0.4 is 0 Å². The van der Waals surface area contributed by atoms with Gasteiger partial charge in [-0.25, -0.2) is 4.79 Å². The van der Waals surface area contributed by atoms with Gasteiger partial charge in [-0.2, -0.15) is 0 Å². The summed E-state index contributed by atoms with van der Waals surface area (Å²) in [4.78, 5) is 22.1. The molecular weight excluding hydrogens is 224 g/mol. The number of Topliss-reactive ketones (excluding diaryl/α,β-unsaturated/α-hetero) is 1. The minimum atomic E-state index is -0.568. The van der Waals surface area contributed by atoms with Gasteiger partial charge in [-0.1, -0.05) is 28.9 Å². The van der Waals surface area contributed by atoms with Gasteiger partial charge >= 0.3 is 5.97 Å². The highest BCUT2D eigenvalue weighted by atomic mass is 79.9. The Morgan fingerprint density at radius 3 is 2.42 bits per heavy atom. The molecule has 0 aliphatic heterocycles. The maximum atomic E-state index is 11.1. The van der Waals surface area contributed by atoms with Crippen molar-refractivity contribution in [3.05, 3.63) is 11.6 Å². The first kappa shape index (κ1) is 11.4. The Morgan fingerprint density at radius 1 is 1.50 bits per heavy atom. The SMILES string of the molecule is CC/C=C(\C(=O)CBr)C(=O)OC. The van der Waals surface area contributed by atoms with Gasteiger partial charge in [0.05, 0.1) is 18.0 Å². The highest BCUT2D eigenvalue weighted by molar-refractivity contribution is 9.09. The first-order valence-electron chi connectivity index (χ1n) is 3.55. The van der Waals surface area contributed by atoms with E-state index in [4.69, 9.17) is 0 Å². The molecule has 0 saturated heterocycles. The average molecular weight is 235 g/mol. The predicted molar refractivity (Wildman–Crippen MR) is 49.2 cm³/mol. The molecule has 0 unspecified atom stereocenters. The van der Waals surface area contributed by atoms with Gasteiger partial charge in [0.25, 0.3) is 0 Å². The van der Waals surface area contributed by atoms with Crippen LogP contribution in [0.2, 0.25) is 0 Å². The first-order valence-corrected chi connectivity index (χ1v) is 4.67. The molecule has 0 aromatic heterocycles. The minimum absolute atomic E-state index is 0.122. The Kier molecular flexibility index (Phi) is 5.62. The number of ketones is 1. The minimum Gasteiger partial charge on any atom is -0.465 e. The van der Waals surface area contributed by atoms with Crippen molar-refractivity contribution in [1.29, 1.82) is 0 Å². The molecule has 0 fully saturated rings. The van der Waals surface area contributed by atoms with E-state index in [2.05, 4.69) is 20.7 Å². The quantitative estimate of drug-likeness (QED) is 0.243. The third-order valence-corrected chi connectivity index (χ3v) is 1.74. The summed E-state index contributed by atoms with van der Waals surface area (Å²) in [7, 11) is 1.26. The zero-order valence-electron chi connectivity index (χ0n) is 7.09. The second kappa shape index (κ2) is 5.94. The van der Waals surface area contributed by atoms with Gasteiger partial charge in [0.15, 0.2) is 5.78 Å². The monoisotopic (exact) mass is 234 g/mol. The maximum absolute atomic E-state index is 11.1. The molecule has 0 radical (unpaired) electrons. The molecule has 0 N–H and O–H groups in total. The highest BCUT2D eigenvalue weighted by Crippen LogP contribution is 2.03. The zero-order chi connectivity index (χ0) is 9.56. The molecule has 0 heterocycles. The molecule has 0 rings (SSSR count). The number of halogens is 1. The van der Waals surface area contributed by atoms with Crippen LogP contribution in [0, 0.1) is 0 Å². The molecule has 0 amide bonds. The molecule has 0 aromatic carbocycles. The Balaban J connectivity index is 4.55. The number of hydrogen-bond donors (Lipinski definition) is 0. The van der Waals surface area contributed by atoms with Crippen LogP contribution >= 0.6 is 15.9 Å². The van der Waals surface area contributed by atoms with E-state index in [1.807, 2.05) is 6.92 Å². The summed E-state index contributed by atoms with van der Waals surface area (Å²) in [6.45, 7) is 1.85. The number of allylic oxidation sites excluding steroid dienone is 1. The summed E-state index contributed by atoms with van der Waals surface area (Å²) >= 11 is 2.98. The van der Waals surface area contributed by atoms with Gasteiger partial charge in [-0.3, -0.25) is 4.79 Å². The van der Waals surface area contributed by atoms with Crippen LogP contribution in [0.15, 0.2) is 11.6 Å². The number of carbonyl (C=O) groups excluding carboxylic acids is 2. The second-order valence-electron chi connectivity index (χ2n) is 2.07. The number of esters is 1. The largest absolute Gasteiger partial charge is 0.465 e. The van der Waals surface area contributed by atoms with Crippen LogP contribution in [-0.2, 0) is 14.3 Å². The summed E-state index contributed by atoms with van der Waals surface area (Å²) in [5.74, 6) is -0.815. The fourth-order valence-corrected chi connectivity index (χ4v) is 0.999. The van der Waals surface area contributed by atoms with E-state index in [1.165, 1.54) is 7.11 Å². The highest BCUT2D eigenvalue weighted by Gasteiger charge is 2.16. The van der Waals surface area contributed by atoms with Gasteiger partial charge in [0, 0.05) is 0 Å². The van der Waals surface area contributed by atoms with Gasteiger partial charge in [-0.05, 0) is 6.42 Å². The van der Waals surface area contributed by atoms with E-state index in [0.717, 1.165) is 0 Å². The van der Waals surface area contributed by atoms with Crippen molar-refractivity contribution < 1.29 is 14.3 Å². The van der Waals surface area contributed by atoms with Crippen LogP contribution in [0.1, 0.15) is 13.3 Å². The van der Waals surface area contributed by atoms with Gasteiger partial charge in [0.1, 0.15) is 0 Å². The van der Waals surface area contributed by atoms with Crippen LogP contribution in [0.25, 0.3) is 0 Å². The first-order chi connectivity index (χ1) is 5.67. The number of alkyl halides is 1. The van der Waals surface area contributed by atoms with Crippen molar-refractivity contribution in [1.82, 2.24) is 0 Å². The van der Waals surface area contributed by atoms with Crippen molar-refractivity contribution >= 4 is 27.7 Å². The van der Waals surface area contributed by atoms with E-state index in [0.29, 0.717) is 6.42 Å². The van der Waals surface area contributed by atoms with Gasteiger partial charge < -0.3 is 4.74 Å². The molecule has 0 saturated carbocycles. The number of methoxy groups -OCH3 is 1. The standard InChI is InChI=1S/C8H11BrO3/c1-3-4-6(7(10)5-9)8(11)12-2/h4H,3,5H2,1-2H3/b6-4+. The molecule has 0 bridgehead atoms. The molecular formula is C8H11BrO3. The van der Waals surface area contributed by atoms with E-state index in [-0.39, 0.29) is 16.7 Å². The summed E-state index contributed by atoms with van der Waals surface area (Å²) in [5.41, 5.74) is 0.122. The second-order valence-corrected chi connectivity index (χ2v) is 2.64. The Morgan fingerprint density at radius 2 is 2.08 bits per heavy atom. The predicted octanol–water partition coefficient (Wildman–Crippen LogP) is 1.46. The van der Waals surface area contributed by atoms with Crippen LogP contribution in [0.3, 0.4) is 0 Å². The van der Waals surface area contributed by atoms with Crippen molar-refractivity contribution in [2.24, 2.45) is 0 Å². The molecule has 3 nitrogen and oxygen atoms in total. The Labute approximate surface area is 79.9 Å². The van der Waals surface area contributed by atoms with Crippen LogP contribution in [-0.4, -0.2) is 24.2 Å². The van der Waals surface area contributed by atoms with Gasteiger partial charge in [0.2, 0.25) is 0 Å². The van der Waals surface area contributed by atoms with E-state index < -0.39 is 5.97 Å². The van der Waals surface area contributed by atoms with Crippen LogP contribution in [0.5, 0.6) is 0 Å². The lowest BCUT2D eigenvalue weighted by atomic mass is 10.1. The summed E-state index contributed by atoms with van der Waals surface area (Å²) < 4.78 is 4.44. The Bertz CT molecular complexity index is 190. The van der Waals surface area contributed by atoms with Crippen LogP contribution in [0.4, 0.5) is 0 Å². The van der Waals surface area contributed by atoms with Gasteiger partial charge in [-0.15, -0.1) is 0 Å². The van der Waals surface area contributed by atoms with Crippen molar-refractivity contribution in [2.75, 3.05) is 12.4 Å². The lowest BCUT2D eigenvalue weighted by molar-refractivity contribution is -0.137. The Hall–Kier alpha value is -0.640. The summed E-state index contributed by atoms with van der Waals surface area (Å²) in [6, 6.07) is 0. The van der Waals surface area contributed by atoms with Crippen molar-refractivity contribution in [3.63, 3.8) is 0 Å². The zero-order valence-corrected chi connectivity index (χ0v) is 8.68. The summed E-state index contributed by atoms with van der Waals surface area (Å²) in [6.07, 6.45) is 2.21. The molecule has 0 aliphatic rings. The summed E-state index contributed by atoms with van der Waals surface area (Å²) in [5, 5.41) is 0.147. The van der Waals surface area contributed by atoms with E-state index in [1.54, 1.807) is 6.08 Å². The van der Waals surface area contributed by atoms with E-state index in [9.17, 15) is 9.59 Å². The van der Waals surface area contributed by atoms with Crippen molar-refractivity contribution in [2.45, 2.75) is 13.3 Å². The van der Waals surface area contributed by atoms with Crippen molar-refractivity contribution in [3.8, 4) is 0 Å². The molecule has 0 spiro atoms. The third-order valence-electron chi connectivity index (χ3n) is 1.24. The number of ether oxygens (including phenoxy) is 1. The van der Waals surface area contributed by atoms with E-state index >= 15 is 0 Å². The fraction of sp³-hybridized carbons (Fsp3) is 0.500. The number of rotatable bonds is 4. The normalized spacial score (nSPS) is 11.1. The topological polar surface area (TPSA) is 43.4 Å². The maximum Gasteiger partial charge on any atom is 0.341 e. The molecule has 0 aliphatic carbocycles. The smallest absolute Gasteiger partial charge is 0.341 e. The third kappa shape index (κ3) is 3.17. The fourth-order valence-electron chi connectivity index (χ4n) is 0.697. The molecule has 0 aromatic rings.